The van der Waals surface area contributed by atoms with Gasteiger partial charge in [0.05, 0.1) is 0 Å². The summed E-state index contributed by atoms with van der Waals surface area (Å²) in [6.07, 6.45) is 0.839. The van der Waals surface area contributed by atoms with Crippen LogP contribution in [0.25, 0.3) is 0 Å². The molecule has 1 N–H and O–H groups in total. The minimum absolute atomic E-state index is 0.0542. The molecule has 162 valence electrons. The van der Waals surface area contributed by atoms with Gasteiger partial charge in [0.1, 0.15) is 6.23 Å². The number of rotatable bonds is 6. The molecule has 0 radical (unpaired) electrons. The lowest BCUT2D eigenvalue weighted by Crippen LogP contribution is -2.52. The average molecular weight is 453 g/mol. The zero-order chi connectivity index (χ0) is 22.0. The van der Waals surface area contributed by atoms with Crippen LogP contribution in [0.1, 0.15) is 37.7 Å². The van der Waals surface area contributed by atoms with Crippen LogP contribution in [0.3, 0.4) is 0 Å². The fourth-order valence-corrected chi connectivity index (χ4v) is 7.55. The van der Waals surface area contributed by atoms with Gasteiger partial charge >= 0.3 is 5.97 Å². The molecule has 31 heavy (non-hydrogen) atoms. The molecule has 1 unspecified atom stereocenters. The first kappa shape index (κ1) is 21.7. The highest BCUT2D eigenvalue weighted by Gasteiger charge is 2.44. The van der Waals surface area contributed by atoms with Crippen molar-refractivity contribution in [2.24, 2.45) is 11.3 Å². The van der Waals surface area contributed by atoms with E-state index in [0.29, 0.717) is 5.92 Å². The van der Waals surface area contributed by atoms with E-state index in [1.54, 1.807) is 5.38 Å². The van der Waals surface area contributed by atoms with Gasteiger partial charge in [0.25, 0.3) is 0 Å². The SMILES string of the molecule is CC(C)(C)[C@H]1CCN(c2nc(C(=O)O)cs2)C1O[SiH](c1ccccc1)c1ccccc1. The second kappa shape index (κ2) is 8.94. The Morgan fingerprint density at radius 3 is 2.16 bits per heavy atom. The zero-order valence-electron chi connectivity index (χ0n) is 18.1. The van der Waals surface area contributed by atoms with Crippen LogP contribution in [0.2, 0.25) is 0 Å². The number of nitrogens with zero attached hydrogens (tertiary/aromatic N) is 2. The predicted molar refractivity (Wildman–Crippen MR) is 128 cm³/mol. The number of carboxylic acids is 1. The Labute approximate surface area is 189 Å². The number of benzene rings is 2. The van der Waals surface area contributed by atoms with E-state index in [4.69, 9.17) is 4.43 Å². The molecule has 7 heteroatoms. The second-order valence-corrected chi connectivity index (χ2v) is 12.2. The van der Waals surface area contributed by atoms with E-state index in [2.05, 4.69) is 79.2 Å². The van der Waals surface area contributed by atoms with Crippen LogP contribution in [0.5, 0.6) is 0 Å². The normalized spacial score (nSPS) is 19.2. The summed E-state index contributed by atoms with van der Waals surface area (Å²) in [7, 11) is -1.97. The first-order chi connectivity index (χ1) is 14.8. The highest BCUT2D eigenvalue weighted by atomic mass is 32.1. The van der Waals surface area contributed by atoms with Gasteiger partial charge in [-0.25, -0.2) is 9.78 Å². The van der Waals surface area contributed by atoms with E-state index in [0.717, 1.165) is 18.1 Å². The van der Waals surface area contributed by atoms with Crippen LogP contribution < -0.4 is 15.3 Å². The minimum atomic E-state index is -1.97. The summed E-state index contributed by atoms with van der Waals surface area (Å²) < 4.78 is 7.04. The molecule has 0 bridgehead atoms. The molecule has 5 nitrogen and oxygen atoms in total. The van der Waals surface area contributed by atoms with E-state index < -0.39 is 15.0 Å². The highest BCUT2D eigenvalue weighted by Crippen LogP contribution is 2.42. The largest absolute Gasteiger partial charge is 0.476 e. The van der Waals surface area contributed by atoms with Crippen LogP contribution in [0.4, 0.5) is 5.13 Å². The lowest BCUT2D eigenvalue weighted by molar-refractivity contribution is 0.0690. The second-order valence-electron chi connectivity index (χ2n) is 9.00. The number of anilines is 1. The smallest absolute Gasteiger partial charge is 0.355 e. The van der Waals surface area contributed by atoms with Crippen LogP contribution in [0, 0.1) is 11.3 Å². The van der Waals surface area contributed by atoms with Gasteiger partial charge < -0.3 is 14.4 Å². The van der Waals surface area contributed by atoms with Gasteiger partial charge in [-0.05, 0) is 22.2 Å². The summed E-state index contributed by atoms with van der Waals surface area (Å²) in [4.78, 5) is 18.0. The standard InChI is InChI=1S/C24H28N2O3SSi/c1-24(2,3)19-14-15-26(23-25-20(16-30-23)22(27)28)21(19)29-31(17-10-6-4-7-11-17)18-12-8-5-9-13-18/h4-13,16,19,21,31H,14-15H2,1-3H3,(H,27,28)/t19-,21?/m0/s1. The molecule has 2 heterocycles. The van der Waals surface area contributed by atoms with Crippen molar-refractivity contribution in [3.05, 3.63) is 71.7 Å². The van der Waals surface area contributed by atoms with E-state index in [-0.39, 0.29) is 17.3 Å². The molecule has 0 aliphatic carbocycles. The Morgan fingerprint density at radius 2 is 1.68 bits per heavy atom. The summed E-state index contributed by atoms with van der Waals surface area (Å²) in [5, 5.41) is 14.1. The summed E-state index contributed by atoms with van der Waals surface area (Å²) >= 11 is 1.38. The summed E-state index contributed by atoms with van der Waals surface area (Å²) in [5.41, 5.74) is 0.149. The lowest BCUT2D eigenvalue weighted by Gasteiger charge is -2.37. The zero-order valence-corrected chi connectivity index (χ0v) is 20.0. The molecule has 2 atom stereocenters. The topological polar surface area (TPSA) is 62.7 Å². The van der Waals surface area contributed by atoms with E-state index >= 15 is 0 Å². The van der Waals surface area contributed by atoms with Gasteiger partial charge in [-0.1, -0.05) is 81.4 Å². The monoisotopic (exact) mass is 452 g/mol. The van der Waals surface area contributed by atoms with Crippen molar-refractivity contribution in [3.63, 3.8) is 0 Å². The molecule has 2 aromatic carbocycles. The molecule has 1 aliphatic rings. The number of carboxylic acid groups (broad SMARTS) is 1. The Morgan fingerprint density at radius 1 is 1.10 bits per heavy atom. The number of carbonyl (C=O) groups is 1. The molecular formula is C24H28N2O3SSi. The van der Waals surface area contributed by atoms with Crippen molar-refractivity contribution in [3.8, 4) is 0 Å². The van der Waals surface area contributed by atoms with Crippen LogP contribution in [-0.2, 0) is 4.43 Å². The maximum absolute atomic E-state index is 11.4. The predicted octanol–water partition coefficient (Wildman–Crippen LogP) is 3.59. The average Bonchev–Trinajstić information content (AvgIpc) is 3.40. The number of thiazole rings is 1. The van der Waals surface area contributed by atoms with Crippen molar-refractivity contribution in [1.82, 2.24) is 4.98 Å². The summed E-state index contributed by atoms with van der Waals surface area (Å²) in [6.45, 7) is 7.57. The third kappa shape index (κ3) is 4.73. The van der Waals surface area contributed by atoms with Gasteiger partial charge in [-0.3, -0.25) is 0 Å². The van der Waals surface area contributed by atoms with Crippen molar-refractivity contribution < 1.29 is 14.3 Å². The van der Waals surface area contributed by atoms with Crippen molar-refractivity contribution in [2.75, 3.05) is 11.4 Å². The summed E-state index contributed by atoms with van der Waals surface area (Å²) in [6, 6.07) is 20.9. The van der Waals surface area contributed by atoms with Crippen LogP contribution >= 0.6 is 11.3 Å². The molecule has 0 saturated carbocycles. The van der Waals surface area contributed by atoms with Crippen LogP contribution in [0.15, 0.2) is 66.0 Å². The number of hydrogen-bond acceptors (Lipinski definition) is 5. The molecule has 3 aromatic rings. The molecule has 1 aliphatic heterocycles. The molecule has 1 fully saturated rings. The summed E-state index contributed by atoms with van der Waals surface area (Å²) in [5.74, 6) is -0.681. The maximum Gasteiger partial charge on any atom is 0.355 e. The fourth-order valence-electron chi connectivity index (χ4n) is 4.24. The molecule has 1 aromatic heterocycles. The molecular weight excluding hydrogens is 424 g/mol. The maximum atomic E-state index is 11.4. The third-order valence-electron chi connectivity index (χ3n) is 5.88. The van der Waals surface area contributed by atoms with Crippen molar-refractivity contribution in [1.29, 1.82) is 0 Å². The number of aromatic carboxylic acids is 1. The van der Waals surface area contributed by atoms with Crippen molar-refractivity contribution in [2.45, 2.75) is 33.4 Å². The fraction of sp³-hybridized carbons (Fsp3) is 0.333. The van der Waals surface area contributed by atoms with E-state index in [1.807, 2.05) is 12.1 Å². The number of aromatic nitrogens is 1. The number of hydrogen-bond donors (Lipinski definition) is 1. The Bertz CT molecular complexity index is 981. The van der Waals surface area contributed by atoms with E-state index in [9.17, 15) is 9.90 Å². The molecule has 0 spiro atoms. The van der Waals surface area contributed by atoms with Gasteiger partial charge in [0, 0.05) is 17.8 Å². The van der Waals surface area contributed by atoms with Gasteiger partial charge in [-0.2, -0.15) is 0 Å². The van der Waals surface area contributed by atoms with Crippen molar-refractivity contribution >= 4 is 41.9 Å². The molecule has 4 rings (SSSR count). The van der Waals surface area contributed by atoms with Gasteiger partial charge in [-0.15, -0.1) is 11.3 Å². The quantitative estimate of drug-likeness (QED) is 0.579. The highest BCUT2D eigenvalue weighted by molar-refractivity contribution is 7.14. The first-order valence-electron chi connectivity index (χ1n) is 10.6. The van der Waals surface area contributed by atoms with E-state index in [1.165, 1.54) is 21.7 Å². The Balaban J connectivity index is 1.72. The lowest BCUT2D eigenvalue weighted by atomic mass is 9.79. The van der Waals surface area contributed by atoms with Gasteiger partial charge in [0.2, 0.25) is 9.04 Å². The van der Waals surface area contributed by atoms with Crippen LogP contribution in [-0.4, -0.2) is 37.9 Å². The van der Waals surface area contributed by atoms with Gasteiger partial charge in [0.15, 0.2) is 10.8 Å². The third-order valence-corrected chi connectivity index (χ3v) is 9.29. The molecule has 0 amide bonds. The molecule has 1 saturated heterocycles. The Hall–Kier alpha value is -2.48. The Kier molecular flexibility index (Phi) is 6.27. The minimum Gasteiger partial charge on any atom is -0.476 e. The first-order valence-corrected chi connectivity index (χ1v) is 13.1.